The van der Waals surface area contributed by atoms with Gasteiger partial charge in [-0.15, -0.1) is 0 Å². The van der Waals surface area contributed by atoms with Crippen LogP contribution in [0.3, 0.4) is 0 Å². The molecule has 1 aliphatic rings. The molecule has 0 bridgehead atoms. The Kier molecular flexibility index (Phi) is 5.94. The number of benzene rings is 2. The number of hydrogen-bond donors (Lipinski definition) is 1. The summed E-state index contributed by atoms with van der Waals surface area (Å²) in [5.41, 5.74) is 3.90. The maximum atomic E-state index is 12.6. The largest absolute Gasteiger partial charge is 0.339 e. The van der Waals surface area contributed by atoms with Crippen LogP contribution in [-0.2, 0) is 4.79 Å². The molecular formula is C23H28N2O2. The van der Waals surface area contributed by atoms with Crippen molar-refractivity contribution in [2.24, 2.45) is 5.92 Å². The van der Waals surface area contributed by atoms with Gasteiger partial charge in [0.05, 0.1) is 0 Å². The van der Waals surface area contributed by atoms with Gasteiger partial charge in [-0.25, -0.2) is 0 Å². The number of rotatable bonds is 4. The third-order valence-corrected chi connectivity index (χ3v) is 5.26. The van der Waals surface area contributed by atoms with Gasteiger partial charge in [-0.1, -0.05) is 43.7 Å². The highest BCUT2D eigenvalue weighted by Gasteiger charge is 2.27. The van der Waals surface area contributed by atoms with Gasteiger partial charge in [0.15, 0.2) is 0 Å². The summed E-state index contributed by atoms with van der Waals surface area (Å²) in [7, 11) is 0. The summed E-state index contributed by atoms with van der Waals surface area (Å²) in [6.07, 6.45) is 1.40. The first-order chi connectivity index (χ1) is 12.9. The van der Waals surface area contributed by atoms with Crippen molar-refractivity contribution in [2.45, 2.75) is 39.5 Å². The molecule has 2 aromatic carbocycles. The Bertz CT molecular complexity index is 803. The zero-order chi connectivity index (χ0) is 19.4. The molecule has 1 aliphatic heterocycles. The number of hydrogen-bond acceptors (Lipinski definition) is 2. The summed E-state index contributed by atoms with van der Waals surface area (Å²) in [4.78, 5) is 27.1. The maximum absolute atomic E-state index is 12.6. The number of nitrogens with zero attached hydrogens (tertiary/aromatic N) is 1. The average molecular weight is 364 g/mol. The Hall–Kier alpha value is -2.62. The van der Waals surface area contributed by atoms with Gasteiger partial charge < -0.3 is 10.2 Å². The molecule has 0 aliphatic carbocycles. The molecule has 1 N–H and O–H groups in total. The molecule has 1 heterocycles. The highest BCUT2D eigenvalue weighted by Crippen LogP contribution is 2.22. The van der Waals surface area contributed by atoms with Crippen LogP contribution in [0.1, 0.15) is 54.1 Å². The van der Waals surface area contributed by atoms with Gasteiger partial charge in [-0.05, 0) is 55.5 Å². The molecule has 0 aromatic heterocycles. The molecule has 0 radical (unpaired) electrons. The van der Waals surface area contributed by atoms with Crippen molar-refractivity contribution in [3.8, 4) is 0 Å². The molecule has 2 amide bonds. The van der Waals surface area contributed by atoms with E-state index < -0.39 is 0 Å². The number of anilines is 1. The fourth-order valence-corrected chi connectivity index (χ4v) is 3.50. The zero-order valence-electron chi connectivity index (χ0n) is 16.4. The Labute approximate surface area is 161 Å². The number of likely N-dealkylation sites (tertiary alicyclic amines) is 1. The predicted octanol–water partition coefficient (Wildman–Crippen LogP) is 4.61. The summed E-state index contributed by atoms with van der Waals surface area (Å²) in [5.74, 6) is 0.540. The van der Waals surface area contributed by atoms with E-state index in [1.165, 1.54) is 5.56 Å². The SMILES string of the molecule is Cc1cccc(C(=O)N2CCC(C(=O)Nc3ccc(C(C)C)cc3)CC2)c1. The molecule has 1 fully saturated rings. The lowest BCUT2D eigenvalue weighted by Crippen LogP contribution is -2.41. The fraction of sp³-hybridized carbons (Fsp3) is 0.391. The molecule has 0 saturated carbocycles. The standard InChI is InChI=1S/C23H28N2O2/c1-16(2)18-7-9-21(10-8-18)24-22(26)19-11-13-25(14-12-19)23(27)20-6-4-5-17(3)15-20/h4-10,15-16,19H,11-14H2,1-3H3,(H,24,26). The Morgan fingerprint density at radius 1 is 1.04 bits per heavy atom. The second-order valence-corrected chi connectivity index (χ2v) is 7.70. The van der Waals surface area contributed by atoms with Crippen LogP contribution in [0, 0.1) is 12.8 Å². The lowest BCUT2D eigenvalue weighted by atomic mass is 9.95. The topological polar surface area (TPSA) is 49.4 Å². The van der Waals surface area contributed by atoms with Crippen molar-refractivity contribution < 1.29 is 9.59 Å². The van der Waals surface area contributed by atoms with E-state index in [2.05, 4.69) is 31.3 Å². The Morgan fingerprint density at radius 2 is 1.70 bits per heavy atom. The summed E-state index contributed by atoms with van der Waals surface area (Å²) < 4.78 is 0. The number of piperidine rings is 1. The van der Waals surface area contributed by atoms with Gasteiger partial charge in [0.25, 0.3) is 5.91 Å². The molecule has 0 unspecified atom stereocenters. The minimum atomic E-state index is -0.0451. The van der Waals surface area contributed by atoms with Crippen LogP contribution in [0.4, 0.5) is 5.69 Å². The zero-order valence-corrected chi connectivity index (χ0v) is 16.4. The molecule has 27 heavy (non-hydrogen) atoms. The second kappa shape index (κ2) is 8.38. The smallest absolute Gasteiger partial charge is 0.253 e. The van der Waals surface area contributed by atoms with Gasteiger partial charge >= 0.3 is 0 Å². The van der Waals surface area contributed by atoms with E-state index in [9.17, 15) is 9.59 Å². The van der Waals surface area contributed by atoms with Gasteiger partial charge in [0, 0.05) is 30.3 Å². The number of carbonyl (C=O) groups excluding carboxylic acids is 2. The Balaban J connectivity index is 1.54. The van der Waals surface area contributed by atoms with E-state index in [0.717, 1.165) is 16.8 Å². The number of carbonyl (C=O) groups is 2. The van der Waals surface area contributed by atoms with Gasteiger partial charge in [-0.2, -0.15) is 0 Å². The molecule has 2 aromatic rings. The summed E-state index contributed by atoms with van der Waals surface area (Å²) in [6, 6.07) is 15.7. The van der Waals surface area contributed by atoms with Crippen molar-refractivity contribution in [1.82, 2.24) is 4.90 Å². The molecule has 4 nitrogen and oxygen atoms in total. The third kappa shape index (κ3) is 4.76. The van der Waals surface area contributed by atoms with Gasteiger partial charge in [-0.3, -0.25) is 9.59 Å². The quantitative estimate of drug-likeness (QED) is 0.861. The summed E-state index contributed by atoms with van der Waals surface area (Å²) in [6.45, 7) is 7.54. The van der Waals surface area contributed by atoms with Crippen molar-refractivity contribution in [3.05, 3.63) is 65.2 Å². The predicted molar refractivity (Wildman–Crippen MR) is 109 cm³/mol. The number of amides is 2. The first-order valence-corrected chi connectivity index (χ1v) is 9.71. The van der Waals surface area contributed by atoms with E-state index in [4.69, 9.17) is 0 Å². The van der Waals surface area contributed by atoms with E-state index in [-0.39, 0.29) is 17.7 Å². The van der Waals surface area contributed by atoms with Crippen LogP contribution < -0.4 is 5.32 Å². The minimum absolute atomic E-state index is 0.0451. The van der Waals surface area contributed by atoms with Crippen molar-refractivity contribution in [1.29, 1.82) is 0 Å². The van der Waals surface area contributed by atoms with Crippen LogP contribution in [0.15, 0.2) is 48.5 Å². The first kappa shape index (κ1) is 19.2. The Morgan fingerprint density at radius 3 is 2.30 bits per heavy atom. The van der Waals surface area contributed by atoms with Gasteiger partial charge in [0.1, 0.15) is 0 Å². The van der Waals surface area contributed by atoms with Crippen molar-refractivity contribution in [2.75, 3.05) is 18.4 Å². The molecule has 1 saturated heterocycles. The van der Waals surface area contributed by atoms with Crippen LogP contribution in [0.25, 0.3) is 0 Å². The molecule has 0 atom stereocenters. The minimum Gasteiger partial charge on any atom is -0.339 e. The molecule has 4 heteroatoms. The highest BCUT2D eigenvalue weighted by molar-refractivity contribution is 5.95. The number of nitrogens with one attached hydrogen (secondary N) is 1. The van der Waals surface area contributed by atoms with E-state index in [1.54, 1.807) is 0 Å². The first-order valence-electron chi connectivity index (χ1n) is 9.71. The monoisotopic (exact) mass is 364 g/mol. The molecule has 142 valence electrons. The second-order valence-electron chi connectivity index (χ2n) is 7.70. The average Bonchev–Trinajstić information content (AvgIpc) is 2.68. The maximum Gasteiger partial charge on any atom is 0.253 e. The van der Waals surface area contributed by atoms with Crippen LogP contribution in [-0.4, -0.2) is 29.8 Å². The van der Waals surface area contributed by atoms with Crippen molar-refractivity contribution in [3.63, 3.8) is 0 Å². The third-order valence-electron chi connectivity index (χ3n) is 5.26. The number of aryl methyl sites for hydroxylation is 1. The molecule has 0 spiro atoms. The van der Waals surface area contributed by atoms with Crippen LogP contribution in [0.5, 0.6) is 0 Å². The lowest BCUT2D eigenvalue weighted by Gasteiger charge is -2.31. The molecule has 3 rings (SSSR count). The normalized spacial score (nSPS) is 15.0. The van der Waals surface area contributed by atoms with Gasteiger partial charge in [0.2, 0.25) is 5.91 Å². The lowest BCUT2D eigenvalue weighted by molar-refractivity contribution is -0.121. The van der Waals surface area contributed by atoms with E-state index in [0.29, 0.717) is 31.8 Å². The van der Waals surface area contributed by atoms with Crippen LogP contribution in [0.2, 0.25) is 0 Å². The fourth-order valence-electron chi connectivity index (χ4n) is 3.50. The highest BCUT2D eigenvalue weighted by atomic mass is 16.2. The van der Waals surface area contributed by atoms with E-state index >= 15 is 0 Å². The van der Waals surface area contributed by atoms with Crippen LogP contribution >= 0.6 is 0 Å². The van der Waals surface area contributed by atoms with E-state index in [1.807, 2.05) is 48.2 Å². The summed E-state index contributed by atoms with van der Waals surface area (Å²) in [5, 5.41) is 3.02. The van der Waals surface area contributed by atoms with Crippen molar-refractivity contribution >= 4 is 17.5 Å². The summed E-state index contributed by atoms with van der Waals surface area (Å²) >= 11 is 0. The molecular weight excluding hydrogens is 336 g/mol.